The average molecular weight is 409 g/mol. The Morgan fingerprint density at radius 1 is 1.04 bits per heavy atom. The highest BCUT2D eigenvalue weighted by Crippen LogP contribution is 2.25. The lowest BCUT2D eigenvalue weighted by molar-refractivity contribution is -0.123. The molecule has 5 nitrogen and oxygen atoms in total. The second-order valence-corrected chi connectivity index (χ2v) is 8.64. The number of benzene rings is 2. The molecule has 0 unspecified atom stereocenters. The van der Waals surface area contributed by atoms with Crippen molar-refractivity contribution in [3.8, 4) is 0 Å². The van der Waals surface area contributed by atoms with E-state index in [1.807, 2.05) is 37.3 Å². The lowest BCUT2D eigenvalue weighted by Gasteiger charge is -2.31. The van der Waals surface area contributed by atoms with Gasteiger partial charge in [-0.05, 0) is 42.7 Å². The van der Waals surface area contributed by atoms with E-state index in [2.05, 4.69) is 5.32 Å². The zero-order valence-electron chi connectivity index (χ0n) is 15.7. The summed E-state index contributed by atoms with van der Waals surface area (Å²) in [6, 6.07) is 15.0. The van der Waals surface area contributed by atoms with Crippen molar-refractivity contribution in [2.24, 2.45) is 0 Å². The minimum absolute atomic E-state index is 0.181. The Morgan fingerprint density at radius 2 is 1.63 bits per heavy atom. The molecule has 27 heavy (non-hydrogen) atoms. The van der Waals surface area contributed by atoms with Crippen LogP contribution in [-0.4, -0.2) is 26.6 Å². The van der Waals surface area contributed by atoms with Gasteiger partial charge in [-0.25, -0.2) is 8.42 Å². The summed E-state index contributed by atoms with van der Waals surface area (Å²) in [5.74, 6) is -0.325. The van der Waals surface area contributed by atoms with Crippen LogP contribution >= 0.6 is 11.6 Å². The summed E-state index contributed by atoms with van der Waals surface area (Å²) in [4.78, 5) is 13.0. The Kier molecular flexibility index (Phi) is 7.27. The average Bonchev–Trinajstić information content (AvgIpc) is 2.64. The third-order valence-electron chi connectivity index (χ3n) is 4.34. The van der Waals surface area contributed by atoms with Crippen LogP contribution in [0.4, 0.5) is 5.69 Å². The number of hydrogen-bond donors (Lipinski definition) is 1. The molecule has 0 spiro atoms. The highest BCUT2D eigenvalue weighted by molar-refractivity contribution is 7.92. The maximum atomic E-state index is 13.0. The Labute approximate surface area is 166 Å². The van der Waals surface area contributed by atoms with Gasteiger partial charge >= 0.3 is 0 Å². The number of carbonyl (C=O) groups excluding carboxylic acids is 1. The molecule has 0 heterocycles. The van der Waals surface area contributed by atoms with Crippen molar-refractivity contribution in [2.75, 3.05) is 10.6 Å². The smallest absolute Gasteiger partial charge is 0.244 e. The quantitative estimate of drug-likeness (QED) is 0.713. The molecule has 0 saturated carbocycles. The molecule has 1 N–H and O–H groups in total. The number of hydrogen-bond acceptors (Lipinski definition) is 3. The van der Waals surface area contributed by atoms with E-state index in [1.165, 1.54) is 0 Å². The number of anilines is 1. The molecular weight excluding hydrogens is 384 g/mol. The fraction of sp³-hybridized carbons (Fsp3) is 0.350. The van der Waals surface area contributed by atoms with E-state index in [0.29, 0.717) is 23.6 Å². The SMILES string of the molecule is CC[C@H](NC(=O)[C@@H](CC)N(c1ccc(Cl)cc1)S(C)(=O)=O)c1ccccc1. The number of nitrogens with zero attached hydrogens (tertiary/aromatic N) is 1. The Balaban J connectivity index is 2.32. The molecule has 0 aliphatic carbocycles. The van der Waals surface area contributed by atoms with Gasteiger partial charge in [0.2, 0.25) is 15.9 Å². The summed E-state index contributed by atoms with van der Waals surface area (Å²) in [5.41, 5.74) is 1.40. The van der Waals surface area contributed by atoms with E-state index in [9.17, 15) is 13.2 Å². The van der Waals surface area contributed by atoms with Gasteiger partial charge < -0.3 is 5.32 Å². The molecule has 0 aliphatic rings. The predicted octanol–water partition coefficient (Wildman–Crippen LogP) is 4.15. The number of sulfonamides is 1. The van der Waals surface area contributed by atoms with Crippen molar-refractivity contribution in [2.45, 2.75) is 38.8 Å². The molecule has 0 radical (unpaired) electrons. The third kappa shape index (κ3) is 5.47. The zero-order chi connectivity index (χ0) is 20.0. The molecule has 0 aliphatic heterocycles. The van der Waals surface area contributed by atoms with Crippen LogP contribution in [0, 0.1) is 0 Å². The molecule has 0 aromatic heterocycles. The number of halogens is 1. The molecule has 7 heteroatoms. The van der Waals surface area contributed by atoms with Gasteiger partial charge in [-0.3, -0.25) is 9.10 Å². The molecule has 1 amide bonds. The zero-order valence-corrected chi connectivity index (χ0v) is 17.3. The molecular formula is C20H25ClN2O3S. The van der Waals surface area contributed by atoms with Crippen molar-refractivity contribution < 1.29 is 13.2 Å². The fourth-order valence-electron chi connectivity index (χ4n) is 3.02. The van der Waals surface area contributed by atoms with Crippen molar-refractivity contribution in [1.82, 2.24) is 5.32 Å². The lowest BCUT2D eigenvalue weighted by atomic mass is 10.0. The van der Waals surface area contributed by atoms with Crippen LogP contribution in [0.25, 0.3) is 0 Å². The van der Waals surface area contributed by atoms with Gasteiger partial charge in [0.25, 0.3) is 0 Å². The second-order valence-electron chi connectivity index (χ2n) is 6.34. The molecule has 0 saturated heterocycles. The molecule has 2 atom stereocenters. The van der Waals surface area contributed by atoms with Crippen LogP contribution in [0.15, 0.2) is 54.6 Å². The van der Waals surface area contributed by atoms with Gasteiger partial charge in [0.15, 0.2) is 0 Å². The Hall–Kier alpha value is -2.05. The van der Waals surface area contributed by atoms with Crippen LogP contribution in [-0.2, 0) is 14.8 Å². The summed E-state index contributed by atoms with van der Waals surface area (Å²) < 4.78 is 26.1. The van der Waals surface area contributed by atoms with Crippen LogP contribution in [0.3, 0.4) is 0 Å². The van der Waals surface area contributed by atoms with E-state index in [0.717, 1.165) is 16.1 Å². The molecule has 2 aromatic carbocycles. The normalized spacial score (nSPS) is 13.6. The van der Waals surface area contributed by atoms with Crippen LogP contribution in [0.2, 0.25) is 5.02 Å². The Morgan fingerprint density at radius 3 is 2.11 bits per heavy atom. The monoisotopic (exact) mass is 408 g/mol. The first-order valence-electron chi connectivity index (χ1n) is 8.88. The van der Waals surface area contributed by atoms with E-state index in [1.54, 1.807) is 31.2 Å². The highest BCUT2D eigenvalue weighted by atomic mass is 35.5. The minimum Gasteiger partial charge on any atom is -0.347 e. The maximum absolute atomic E-state index is 13.0. The first-order chi connectivity index (χ1) is 12.8. The van der Waals surface area contributed by atoms with Crippen LogP contribution in [0.1, 0.15) is 38.3 Å². The summed E-state index contributed by atoms with van der Waals surface area (Å²) in [6.07, 6.45) is 2.14. The summed E-state index contributed by atoms with van der Waals surface area (Å²) in [6.45, 7) is 3.77. The van der Waals surface area contributed by atoms with Gasteiger partial charge in [0, 0.05) is 5.02 Å². The predicted molar refractivity (Wildman–Crippen MR) is 110 cm³/mol. The molecule has 0 bridgehead atoms. The van der Waals surface area contributed by atoms with Gasteiger partial charge in [-0.1, -0.05) is 55.8 Å². The van der Waals surface area contributed by atoms with Crippen molar-refractivity contribution in [1.29, 1.82) is 0 Å². The van der Waals surface area contributed by atoms with E-state index in [4.69, 9.17) is 11.6 Å². The van der Waals surface area contributed by atoms with Gasteiger partial charge in [0.05, 0.1) is 18.0 Å². The Bertz CT molecular complexity index is 855. The summed E-state index contributed by atoms with van der Waals surface area (Å²) >= 11 is 5.91. The lowest BCUT2D eigenvalue weighted by Crippen LogP contribution is -2.50. The molecule has 146 valence electrons. The molecule has 2 aromatic rings. The number of rotatable bonds is 8. The van der Waals surface area contributed by atoms with Gasteiger partial charge in [-0.2, -0.15) is 0 Å². The van der Waals surface area contributed by atoms with Gasteiger partial charge in [-0.15, -0.1) is 0 Å². The van der Waals surface area contributed by atoms with E-state index >= 15 is 0 Å². The first-order valence-corrected chi connectivity index (χ1v) is 11.1. The maximum Gasteiger partial charge on any atom is 0.244 e. The second kappa shape index (κ2) is 9.24. The summed E-state index contributed by atoms with van der Waals surface area (Å²) in [5, 5.41) is 3.50. The van der Waals surface area contributed by atoms with Crippen LogP contribution < -0.4 is 9.62 Å². The van der Waals surface area contributed by atoms with Crippen molar-refractivity contribution >= 4 is 33.2 Å². The largest absolute Gasteiger partial charge is 0.347 e. The fourth-order valence-corrected chi connectivity index (χ4v) is 4.36. The standard InChI is InChI=1S/C20H25ClN2O3S/c1-4-18(15-9-7-6-8-10-15)22-20(24)19(5-2)23(27(3,25)26)17-13-11-16(21)12-14-17/h6-14,18-19H,4-5H2,1-3H3,(H,22,24)/t18-,19+/m0/s1. The topological polar surface area (TPSA) is 66.5 Å². The number of amides is 1. The summed E-state index contributed by atoms with van der Waals surface area (Å²) in [7, 11) is -3.66. The van der Waals surface area contributed by atoms with Crippen molar-refractivity contribution in [3.63, 3.8) is 0 Å². The highest BCUT2D eigenvalue weighted by Gasteiger charge is 2.32. The molecule has 2 rings (SSSR count). The minimum atomic E-state index is -3.66. The first kappa shape index (κ1) is 21.3. The molecule has 0 fully saturated rings. The van der Waals surface area contributed by atoms with Crippen molar-refractivity contribution in [3.05, 3.63) is 65.2 Å². The van der Waals surface area contributed by atoms with Gasteiger partial charge in [0.1, 0.15) is 6.04 Å². The number of carbonyl (C=O) groups is 1. The van der Waals surface area contributed by atoms with Crippen LogP contribution in [0.5, 0.6) is 0 Å². The number of nitrogens with one attached hydrogen (secondary N) is 1. The van der Waals surface area contributed by atoms with E-state index < -0.39 is 16.1 Å². The van der Waals surface area contributed by atoms with E-state index in [-0.39, 0.29) is 11.9 Å². The third-order valence-corrected chi connectivity index (χ3v) is 5.77.